The van der Waals surface area contributed by atoms with Gasteiger partial charge in [-0.25, -0.2) is 0 Å². The number of amides is 3. The molecule has 0 aromatic heterocycles. The van der Waals surface area contributed by atoms with Crippen molar-refractivity contribution in [1.29, 1.82) is 0 Å². The zero-order chi connectivity index (χ0) is 24.2. The molecule has 1 unspecified atom stereocenters. The highest BCUT2D eigenvalue weighted by Gasteiger charge is 2.32. The Hall–Kier alpha value is -2.84. The molecule has 5 rings (SSSR count). The van der Waals surface area contributed by atoms with Gasteiger partial charge in [0.15, 0.2) is 0 Å². The first-order valence-corrected chi connectivity index (χ1v) is 13.5. The van der Waals surface area contributed by atoms with Crippen LogP contribution in [-0.2, 0) is 16.1 Å². The average molecular weight is 493 g/mol. The van der Waals surface area contributed by atoms with Gasteiger partial charge in [-0.05, 0) is 43.0 Å². The molecule has 3 heterocycles. The van der Waals surface area contributed by atoms with Crippen LogP contribution in [-0.4, -0.2) is 77.4 Å². The number of piperidine rings is 1. The lowest BCUT2D eigenvalue weighted by molar-refractivity contribution is -0.136. The fourth-order valence-electron chi connectivity index (χ4n) is 5.21. The zero-order valence-electron chi connectivity index (χ0n) is 19.9. The minimum Gasteiger partial charge on any atom is -0.341 e. The summed E-state index contributed by atoms with van der Waals surface area (Å²) < 4.78 is 0. The number of anilines is 1. The van der Waals surface area contributed by atoms with E-state index in [2.05, 4.69) is 34.5 Å². The number of likely N-dealkylation sites (tertiary alicyclic amines) is 1. The van der Waals surface area contributed by atoms with Crippen molar-refractivity contribution in [2.45, 2.75) is 30.7 Å². The second kappa shape index (κ2) is 10.8. The van der Waals surface area contributed by atoms with Gasteiger partial charge in [-0.15, -0.1) is 11.8 Å². The maximum atomic E-state index is 13.4. The quantitative estimate of drug-likeness (QED) is 0.709. The highest BCUT2D eigenvalue weighted by Crippen LogP contribution is 2.32. The molecule has 2 fully saturated rings. The van der Waals surface area contributed by atoms with Crippen molar-refractivity contribution in [1.82, 2.24) is 14.7 Å². The number of benzene rings is 2. The van der Waals surface area contributed by atoms with E-state index in [1.54, 1.807) is 6.07 Å². The lowest BCUT2D eigenvalue weighted by Gasteiger charge is -2.35. The number of nitrogens with one attached hydrogen (secondary N) is 1. The zero-order valence-corrected chi connectivity index (χ0v) is 20.8. The summed E-state index contributed by atoms with van der Waals surface area (Å²) in [6.07, 6.45) is 2.62. The molecule has 8 heteroatoms. The molecular formula is C27H32N4O3S. The third-order valence-electron chi connectivity index (χ3n) is 7.07. The molecule has 2 aromatic rings. The molecule has 2 aromatic carbocycles. The monoisotopic (exact) mass is 492 g/mol. The predicted molar refractivity (Wildman–Crippen MR) is 137 cm³/mol. The third-order valence-corrected chi connectivity index (χ3v) is 8.14. The van der Waals surface area contributed by atoms with Crippen LogP contribution >= 0.6 is 11.8 Å². The summed E-state index contributed by atoms with van der Waals surface area (Å²) in [6.45, 7) is 5.39. The van der Waals surface area contributed by atoms with E-state index in [4.69, 9.17) is 0 Å². The molecule has 3 aliphatic heterocycles. The highest BCUT2D eigenvalue weighted by atomic mass is 32.2. The number of carbonyl (C=O) groups excluding carboxylic acids is 3. The molecule has 2 saturated heterocycles. The minimum atomic E-state index is -0.152. The first-order chi connectivity index (χ1) is 17.1. The van der Waals surface area contributed by atoms with Gasteiger partial charge in [0.25, 0.3) is 5.91 Å². The van der Waals surface area contributed by atoms with Crippen LogP contribution in [0.3, 0.4) is 0 Å². The Morgan fingerprint density at radius 3 is 2.63 bits per heavy atom. The summed E-state index contributed by atoms with van der Waals surface area (Å²) in [5.41, 5.74) is 2.56. The molecule has 3 amide bonds. The van der Waals surface area contributed by atoms with E-state index in [0.717, 1.165) is 56.9 Å². The van der Waals surface area contributed by atoms with E-state index in [9.17, 15) is 14.4 Å². The fourth-order valence-corrected chi connectivity index (χ4v) is 6.00. The first kappa shape index (κ1) is 23.9. The van der Waals surface area contributed by atoms with Gasteiger partial charge in [0.1, 0.15) is 0 Å². The van der Waals surface area contributed by atoms with Crippen molar-refractivity contribution >= 4 is 35.2 Å². The van der Waals surface area contributed by atoms with Crippen molar-refractivity contribution in [3.63, 3.8) is 0 Å². The second-order valence-corrected chi connectivity index (χ2v) is 10.6. The Labute approximate surface area is 210 Å². The van der Waals surface area contributed by atoms with Crippen LogP contribution in [0.5, 0.6) is 0 Å². The molecular weight excluding hydrogens is 460 g/mol. The Bertz CT molecular complexity index is 1090. The fraction of sp³-hybridized carbons (Fsp3) is 0.444. The van der Waals surface area contributed by atoms with Crippen molar-refractivity contribution < 1.29 is 14.4 Å². The summed E-state index contributed by atoms with van der Waals surface area (Å²) in [7, 11) is 0. The predicted octanol–water partition coefficient (Wildman–Crippen LogP) is 3.32. The molecule has 0 bridgehead atoms. The lowest BCUT2D eigenvalue weighted by atomic mass is 9.95. The number of hydrogen-bond acceptors (Lipinski definition) is 5. The van der Waals surface area contributed by atoms with E-state index < -0.39 is 0 Å². The van der Waals surface area contributed by atoms with Gasteiger partial charge in [-0.1, -0.05) is 30.3 Å². The van der Waals surface area contributed by atoms with Gasteiger partial charge in [-0.2, -0.15) is 0 Å². The number of rotatable bonds is 4. The summed E-state index contributed by atoms with van der Waals surface area (Å²) in [4.78, 5) is 45.6. The molecule has 0 saturated carbocycles. The molecule has 1 N–H and O–H groups in total. The Balaban J connectivity index is 1.19. The van der Waals surface area contributed by atoms with Gasteiger partial charge < -0.3 is 15.1 Å². The van der Waals surface area contributed by atoms with Gasteiger partial charge >= 0.3 is 0 Å². The summed E-state index contributed by atoms with van der Waals surface area (Å²) in [5.74, 6) is 0.312. The van der Waals surface area contributed by atoms with Crippen LogP contribution in [0.4, 0.5) is 5.69 Å². The maximum absolute atomic E-state index is 13.4. The van der Waals surface area contributed by atoms with Gasteiger partial charge in [0.2, 0.25) is 11.8 Å². The Morgan fingerprint density at radius 1 is 0.943 bits per heavy atom. The standard InChI is InChI=1S/C27H32N4O3S/c32-25-19-35-24-10-9-21(16-23(24)28-25)26(33)31-12-4-8-22(18-31)27(34)30-13-5-11-29(14-15-30)17-20-6-2-1-3-7-20/h1-3,6-7,9-10,16,22H,4-5,8,11-15,17-19H2,(H,28,32). The van der Waals surface area contributed by atoms with Crippen LogP contribution in [0.25, 0.3) is 0 Å². The smallest absolute Gasteiger partial charge is 0.253 e. The summed E-state index contributed by atoms with van der Waals surface area (Å²) in [5, 5.41) is 2.86. The van der Waals surface area contributed by atoms with Crippen molar-refractivity contribution in [2.24, 2.45) is 5.92 Å². The summed E-state index contributed by atoms with van der Waals surface area (Å²) >= 11 is 1.48. The van der Waals surface area contributed by atoms with Crippen LogP contribution < -0.4 is 5.32 Å². The molecule has 1 atom stereocenters. The minimum absolute atomic E-state index is 0.0458. The average Bonchev–Trinajstić information content (AvgIpc) is 3.13. The number of carbonyl (C=O) groups is 3. The van der Waals surface area contributed by atoms with Gasteiger partial charge in [0, 0.05) is 56.3 Å². The summed E-state index contributed by atoms with van der Waals surface area (Å²) in [6, 6.07) is 16.0. The number of hydrogen-bond donors (Lipinski definition) is 1. The van der Waals surface area contributed by atoms with Gasteiger partial charge in [0.05, 0.1) is 17.4 Å². The normalized spacial score (nSPS) is 21.1. The molecule has 0 aliphatic carbocycles. The van der Waals surface area contributed by atoms with E-state index >= 15 is 0 Å². The Morgan fingerprint density at radius 2 is 1.77 bits per heavy atom. The Kier molecular flexibility index (Phi) is 7.39. The second-order valence-electron chi connectivity index (χ2n) is 9.58. The highest BCUT2D eigenvalue weighted by molar-refractivity contribution is 8.00. The number of thioether (sulfide) groups is 1. The third kappa shape index (κ3) is 5.70. The van der Waals surface area contributed by atoms with Crippen LogP contribution in [0.2, 0.25) is 0 Å². The lowest BCUT2D eigenvalue weighted by Crippen LogP contribution is -2.47. The molecule has 35 heavy (non-hydrogen) atoms. The SMILES string of the molecule is O=C1CSc2ccc(C(=O)N3CCCC(C(=O)N4CCCN(Cc5ccccc5)CC4)C3)cc2N1. The largest absolute Gasteiger partial charge is 0.341 e. The molecule has 3 aliphatic rings. The number of fused-ring (bicyclic) bond motifs is 1. The van der Waals surface area contributed by atoms with Crippen molar-refractivity contribution in [3.05, 3.63) is 59.7 Å². The van der Waals surface area contributed by atoms with Crippen LogP contribution in [0.15, 0.2) is 53.4 Å². The topological polar surface area (TPSA) is 73.0 Å². The maximum Gasteiger partial charge on any atom is 0.253 e. The van der Waals surface area contributed by atoms with Gasteiger partial charge in [-0.3, -0.25) is 19.3 Å². The van der Waals surface area contributed by atoms with E-state index in [1.165, 1.54) is 17.3 Å². The van der Waals surface area contributed by atoms with E-state index in [0.29, 0.717) is 30.1 Å². The first-order valence-electron chi connectivity index (χ1n) is 12.5. The van der Waals surface area contributed by atoms with E-state index in [1.807, 2.05) is 28.0 Å². The molecule has 0 spiro atoms. The van der Waals surface area contributed by atoms with E-state index in [-0.39, 0.29) is 23.6 Å². The van der Waals surface area contributed by atoms with Crippen LogP contribution in [0.1, 0.15) is 35.2 Å². The van der Waals surface area contributed by atoms with Crippen molar-refractivity contribution in [3.8, 4) is 0 Å². The van der Waals surface area contributed by atoms with Crippen molar-refractivity contribution in [2.75, 3.05) is 50.3 Å². The molecule has 184 valence electrons. The number of nitrogens with zero attached hydrogens (tertiary/aromatic N) is 3. The van der Waals surface area contributed by atoms with Crippen LogP contribution in [0, 0.1) is 5.92 Å². The molecule has 7 nitrogen and oxygen atoms in total. The molecule has 0 radical (unpaired) electrons.